The van der Waals surface area contributed by atoms with Crippen molar-refractivity contribution in [3.05, 3.63) is 29.6 Å². The minimum atomic E-state index is -0.439. The van der Waals surface area contributed by atoms with Gasteiger partial charge in [-0.3, -0.25) is 10.1 Å². The van der Waals surface area contributed by atoms with Crippen LogP contribution in [0.1, 0.15) is 30.9 Å². The number of amides is 3. The summed E-state index contributed by atoms with van der Waals surface area (Å²) >= 11 is 0. The lowest BCUT2D eigenvalue weighted by Crippen LogP contribution is -2.47. The van der Waals surface area contributed by atoms with Crippen LogP contribution in [0.4, 0.5) is 4.79 Å². The Morgan fingerprint density at radius 1 is 1.26 bits per heavy atom. The van der Waals surface area contributed by atoms with Gasteiger partial charge in [-0.2, -0.15) is 4.57 Å². The zero-order valence-electron chi connectivity index (χ0n) is 11.2. The largest absolute Gasteiger partial charge is 0.338 e. The quantitative estimate of drug-likeness (QED) is 0.788. The number of pyridine rings is 1. The molecular formula is C14H20N3O2+. The second-order valence-corrected chi connectivity index (χ2v) is 4.78. The average molecular weight is 262 g/mol. The molecule has 3 amide bonds. The van der Waals surface area contributed by atoms with Gasteiger partial charge in [-0.1, -0.05) is 0 Å². The average Bonchev–Trinajstić information content (AvgIpc) is 2.38. The SMILES string of the molecule is CCNC(=O)NC(=O)C[n+]1ccc2c(c1)CCCC2. The van der Waals surface area contributed by atoms with Crippen molar-refractivity contribution in [1.29, 1.82) is 0 Å². The summed E-state index contributed by atoms with van der Waals surface area (Å²) in [7, 11) is 0. The minimum Gasteiger partial charge on any atom is -0.338 e. The van der Waals surface area contributed by atoms with Gasteiger partial charge in [0.2, 0.25) is 6.54 Å². The molecule has 1 heterocycles. The van der Waals surface area contributed by atoms with E-state index in [0.717, 1.165) is 12.8 Å². The maximum atomic E-state index is 11.7. The van der Waals surface area contributed by atoms with Crippen LogP contribution >= 0.6 is 0 Å². The van der Waals surface area contributed by atoms with Crippen molar-refractivity contribution in [2.75, 3.05) is 6.54 Å². The first-order valence-corrected chi connectivity index (χ1v) is 6.77. The molecular weight excluding hydrogens is 242 g/mol. The molecule has 0 unspecified atom stereocenters. The van der Waals surface area contributed by atoms with E-state index in [9.17, 15) is 9.59 Å². The van der Waals surface area contributed by atoms with Gasteiger partial charge in [-0.15, -0.1) is 0 Å². The third-order valence-corrected chi connectivity index (χ3v) is 3.26. The van der Waals surface area contributed by atoms with Crippen molar-refractivity contribution in [1.82, 2.24) is 10.6 Å². The summed E-state index contributed by atoms with van der Waals surface area (Å²) in [6, 6.07) is 1.64. The molecule has 0 bridgehead atoms. The molecule has 19 heavy (non-hydrogen) atoms. The van der Waals surface area contributed by atoms with Crippen LogP contribution in [0.3, 0.4) is 0 Å². The van der Waals surface area contributed by atoms with Crippen LogP contribution in [0.5, 0.6) is 0 Å². The lowest BCUT2D eigenvalue weighted by Gasteiger charge is -2.13. The van der Waals surface area contributed by atoms with Gasteiger partial charge in [-0.05, 0) is 38.2 Å². The number of nitrogens with zero attached hydrogens (tertiary/aromatic N) is 1. The Morgan fingerprint density at radius 2 is 2.00 bits per heavy atom. The topological polar surface area (TPSA) is 62.1 Å². The first kappa shape index (κ1) is 13.5. The normalized spacial score (nSPS) is 13.5. The summed E-state index contributed by atoms with van der Waals surface area (Å²) in [5.41, 5.74) is 2.70. The molecule has 2 N–H and O–H groups in total. The number of aryl methyl sites for hydroxylation is 2. The molecule has 1 aliphatic carbocycles. The zero-order valence-corrected chi connectivity index (χ0v) is 11.2. The molecule has 0 aromatic carbocycles. The number of aromatic nitrogens is 1. The lowest BCUT2D eigenvalue weighted by atomic mass is 9.93. The third kappa shape index (κ3) is 3.77. The van der Waals surface area contributed by atoms with Crippen LogP contribution in [0.25, 0.3) is 0 Å². The predicted octanol–water partition coefficient (Wildman–Crippen LogP) is 0.699. The van der Waals surface area contributed by atoms with Crippen LogP contribution in [-0.4, -0.2) is 18.5 Å². The molecule has 0 aliphatic heterocycles. The van der Waals surface area contributed by atoms with Gasteiger partial charge >= 0.3 is 6.03 Å². The first-order chi connectivity index (χ1) is 9.19. The van der Waals surface area contributed by atoms with Gasteiger partial charge in [0, 0.05) is 18.2 Å². The Bertz CT molecular complexity index is 486. The van der Waals surface area contributed by atoms with Crippen molar-refractivity contribution >= 4 is 11.9 Å². The smallest absolute Gasteiger partial charge is 0.321 e. The van der Waals surface area contributed by atoms with E-state index in [0.29, 0.717) is 6.54 Å². The summed E-state index contributed by atoms with van der Waals surface area (Å²) in [4.78, 5) is 22.9. The molecule has 0 atom stereocenters. The Labute approximate surface area is 113 Å². The van der Waals surface area contributed by atoms with Gasteiger partial charge in [0.1, 0.15) is 0 Å². The molecule has 1 aromatic rings. The van der Waals surface area contributed by atoms with E-state index in [1.165, 1.54) is 24.0 Å². The highest BCUT2D eigenvalue weighted by Crippen LogP contribution is 2.18. The molecule has 5 nitrogen and oxygen atoms in total. The Kier molecular flexibility index (Phi) is 4.49. The van der Waals surface area contributed by atoms with E-state index in [-0.39, 0.29) is 12.5 Å². The van der Waals surface area contributed by atoms with Crippen molar-refractivity contribution in [2.24, 2.45) is 0 Å². The molecule has 0 radical (unpaired) electrons. The number of carbonyl (C=O) groups excluding carboxylic acids is 2. The Balaban J connectivity index is 1.95. The van der Waals surface area contributed by atoms with Gasteiger partial charge < -0.3 is 5.32 Å². The molecule has 1 aromatic heterocycles. The molecule has 0 fully saturated rings. The first-order valence-electron chi connectivity index (χ1n) is 6.77. The predicted molar refractivity (Wildman–Crippen MR) is 70.5 cm³/mol. The van der Waals surface area contributed by atoms with Gasteiger partial charge in [0.25, 0.3) is 5.91 Å². The number of fused-ring (bicyclic) bond motifs is 1. The molecule has 102 valence electrons. The fourth-order valence-electron chi connectivity index (χ4n) is 2.35. The van der Waals surface area contributed by atoms with Crippen LogP contribution in [0.2, 0.25) is 0 Å². The lowest BCUT2D eigenvalue weighted by molar-refractivity contribution is -0.684. The number of hydrogen-bond donors (Lipinski definition) is 2. The maximum absolute atomic E-state index is 11.7. The number of carbonyl (C=O) groups is 2. The summed E-state index contributed by atoms with van der Waals surface area (Å²) in [6.45, 7) is 2.48. The standard InChI is InChI=1S/C14H19N3O2/c1-2-15-14(19)16-13(18)10-17-8-7-11-5-3-4-6-12(11)9-17/h7-9H,2-6,10H2,1H3,(H-,15,16,18,19)/p+1. The van der Waals surface area contributed by atoms with E-state index in [1.807, 2.05) is 23.9 Å². The minimum absolute atomic E-state index is 0.171. The van der Waals surface area contributed by atoms with E-state index in [1.54, 1.807) is 0 Å². The van der Waals surface area contributed by atoms with E-state index in [4.69, 9.17) is 0 Å². The van der Waals surface area contributed by atoms with Gasteiger partial charge in [-0.25, -0.2) is 4.79 Å². The van der Waals surface area contributed by atoms with Crippen LogP contribution < -0.4 is 15.2 Å². The number of rotatable bonds is 3. The highest BCUT2D eigenvalue weighted by atomic mass is 16.2. The highest BCUT2D eigenvalue weighted by molar-refractivity contribution is 5.93. The summed E-state index contributed by atoms with van der Waals surface area (Å²) in [5, 5.41) is 4.83. The van der Waals surface area contributed by atoms with E-state index in [2.05, 4.69) is 16.7 Å². The molecule has 5 heteroatoms. The maximum Gasteiger partial charge on any atom is 0.321 e. The molecule has 1 aliphatic rings. The second kappa shape index (κ2) is 6.31. The number of urea groups is 1. The fraction of sp³-hybridized carbons (Fsp3) is 0.500. The number of nitrogens with one attached hydrogen (secondary N) is 2. The fourth-order valence-corrected chi connectivity index (χ4v) is 2.35. The van der Waals surface area contributed by atoms with Crippen LogP contribution in [-0.2, 0) is 24.2 Å². The van der Waals surface area contributed by atoms with Crippen LogP contribution in [0.15, 0.2) is 18.5 Å². The van der Waals surface area contributed by atoms with Gasteiger partial charge in [0.15, 0.2) is 12.4 Å². The monoisotopic (exact) mass is 262 g/mol. The van der Waals surface area contributed by atoms with Crippen molar-refractivity contribution in [3.63, 3.8) is 0 Å². The van der Waals surface area contributed by atoms with Crippen LogP contribution in [0, 0.1) is 0 Å². The Hall–Kier alpha value is -1.91. The zero-order chi connectivity index (χ0) is 13.7. The summed E-state index contributed by atoms with van der Waals surface area (Å²) in [6.07, 6.45) is 8.58. The molecule has 2 rings (SSSR count). The highest BCUT2D eigenvalue weighted by Gasteiger charge is 2.16. The van der Waals surface area contributed by atoms with Crippen molar-refractivity contribution < 1.29 is 14.2 Å². The number of hydrogen-bond acceptors (Lipinski definition) is 2. The summed E-state index contributed by atoms with van der Waals surface area (Å²) < 4.78 is 1.83. The second-order valence-electron chi connectivity index (χ2n) is 4.78. The summed E-state index contributed by atoms with van der Waals surface area (Å²) in [5.74, 6) is -0.299. The third-order valence-electron chi connectivity index (χ3n) is 3.26. The Morgan fingerprint density at radius 3 is 2.74 bits per heavy atom. The molecule has 0 saturated heterocycles. The van der Waals surface area contributed by atoms with E-state index < -0.39 is 6.03 Å². The molecule has 0 saturated carbocycles. The van der Waals surface area contributed by atoms with Crippen molar-refractivity contribution in [2.45, 2.75) is 39.2 Å². The van der Waals surface area contributed by atoms with Gasteiger partial charge in [0.05, 0.1) is 0 Å². The van der Waals surface area contributed by atoms with E-state index >= 15 is 0 Å². The van der Waals surface area contributed by atoms with Crippen molar-refractivity contribution in [3.8, 4) is 0 Å². The number of imide groups is 1. The molecule has 0 spiro atoms.